The van der Waals surface area contributed by atoms with Crippen LogP contribution in [0, 0.1) is 13.8 Å². The molecule has 2 N–H and O–H groups in total. The van der Waals surface area contributed by atoms with Gasteiger partial charge in [-0.2, -0.15) is 5.10 Å². The van der Waals surface area contributed by atoms with Crippen LogP contribution in [0.2, 0.25) is 0 Å². The topological polar surface area (TPSA) is 115 Å². The molecule has 0 radical (unpaired) electrons. The van der Waals surface area contributed by atoms with Gasteiger partial charge in [0.1, 0.15) is 12.4 Å². The molecule has 0 aliphatic rings. The van der Waals surface area contributed by atoms with E-state index in [2.05, 4.69) is 5.10 Å². The maximum atomic E-state index is 12.4. The summed E-state index contributed by atoms with van der Waals surface area (Å²) in [5, 5.41) is 24.5. The zero-order chi connectivity index (χ0) is 22.5. The zero-order valence-electron chi connectivity index (χ0n) is 17.8. The van der Waals surface area contributed by atoms with Gasteiger partial charge in [-0.3, -0.25) is 14.3 Å². The normalized spacial score (nSPS) is 12.0. The smallest absolute Gasteiger partial charge is 0.306 e. The lowest BCUT2D eigenvalue weighted by atomic mass is 9.90. The van der Waals surface area contributed by atoms with Gasteiger partial charge in [0.2, 0.25) is 11.2 Å². The standard InChI is InChI=1S/C23H26N2O6/c1-4-30-20(28)11-18(23-22(29)19(27)10-17(13-26)31-23)21-14(2)24-25(15(21)3)12-16-8-6-5-7-9-16/h5-10,18,26,29H,4,11-13H2,1-3H3/t18-/m0/s1. The first-order valence-corrected chi connectivity index (χ1v) is 10.1. The number of aromatic hydroxyl groups is 1. The Morgan fingerprint density at radius 2 is 1.97 bits per heavy atom. The molecule has 0 aliphatic heterocycles. The molecule has 1 atom stereocenters. The minimum Gasteiger partial charge on any atom is -0.502 e. The van der Waals surface area contributed by atoms with Crippen LogP contribution in [0.25, 0.3) is 0 Å². The third-order valence-electron chi connectivity index (χ3n) is 5.11. The number of aromatic nitrogens is 2. The van der Waals surface area contributed by atoms with Crippen LogP contribution in [0.4, 0.5) is 0 Å². The van der Waals surface area contributed by atoms with E-state index in [0.717, 1.165) is 17.3 Å². The van der Waals surface area contributed by atoms with E-state index in [9.17, 15) is 19.8 Å². The van der Waals surface area contributed by atoms with Gasteiger partial charge in [-0.25, -0.2) is 0 Å². The van der Waals surface area contributed by atoms with E-state index in [1.54, 1.807) is 13.8 Å². The van der Waals surface area contributed by atoms with E-state index in [1.807, 2.05) is 41.9 Å². The highest BCUT2D eigenvalue weighted by molar-refractivity contribution is 5.71. The Hall–Kier alpha value is -3.39. The van der Waals surface area contributed by atoms with E-state index < -0.39 is 29.7 Å². The molecule has 0 aliphatic carbocycles. The van der Waals surface area contributed by atoms with Crippen molar-refractivity contribution in [3.8, 4) is 5.75 Å². The molecule has 0 fully saturated rings. The molecule has 0 bridgehead atoms. The lowest BCUT2D eigenvalue weighted by Crippen LogP contribution is -2.16. The molecule has 31 heavy (non-hydrogen) atoms. The van der Waals surface area contributed by atoms with E-state index in [4.69, 9.17) is 9.15 Å². The average molecular weight is 426 g/mol. The van der Waals surface area contributed by atoms with Gasteiger partial charge in [-0.05, 0) is 26.3 Å². The lowest BCUT2D eigenvalue weighted by molar-refractivity contribution is -0.143. The molecular weight excluding hydrogens is 400 g/mol. The number of carbonyl (C=O) groups is 1. The van der Waals surface area contributed by atoms with Gasteiger partial charge in [-0.1, -0.05) is 30.3 Å². The molecule has 0 spiro atoms. The van der Waals surface area contributed by atoms with Crippen molar-refractivity contribution >= 4 is 5.97 Å². The van der Waals surface area contributed by atoms with E-state index in [1.165, 1.54) is 0 Å². The number of rotatable bonds is 8. The highest BCUT2D eigenvalue weighted by atomic mass is 16.5. The van der Waals surface area contributed by atoms with Gasteiger partial charge in [0.15, 0.2) is 5.76 Å². The number of esters is 1. The highest BCUT2D eigenvalue weighted by Crippen LogP contribution is 2.37. The zero-order valence-corrected chi connectivity index (χ0v) is 17.8. The minimum atomic E-state index is -0.803. The number of benzene rings is 1. The van der Waals surface area contributed by atoms with E-state index in [0.29, 0.717) is 17.8 Å². The van der Waals surface area contributed by atoms with Gasteiger partial charge < -0.3 is 19.4 Å². The summed E-state index contributed by atoms with van der Waals surface area (Å²) in [6.45, 7) is 5.56. The van der Waals surface area contributed by atoms with Crippen LogP contribution in [-0.4, -0.2) is 32.6 Å². The summed E-state index contributed by atoms with van der Waals surface area (Å²) >= 11 is 0. The van der Waals surface area contributed by atoms with Gasteiger partial charge in [-0.15, -0.1) is 0 Å². The van der Waals surface area contributed by atoms with Gasteiger partial charge in [0.05, 0.1) is 31.2 Å². The molecule has 164 valence electrons. The van der Waals surface area contributed by atoms with Gasteiger partial charge >= 0.3 is 5.97 Å². The molecule has 0 saturated heterocycles. The van der Waals surface area contributed by atoms with Gasteiger partial charge in [0.25, 0.3) is 0 Å². The molecule has 8 nitrogen and oxygen atoms in total. The maximum absolute atomic E-state index is 12.4. The quantitative estimate of drug-likeness (QED) is 0.532. The summed E-state index contributed by atoms with van der Waals surface area (Å²) in [6.07, 6.45) is -0.155. The second-order valence-corrected chi connectivity index (χ2v) is 7.24. The predicted molar refractivity (Wildman–Crippen MR) is 113 cm³/mol. The predicted octanol–water partition coefficient (Wildman–Crippen LogP) is 2.78. The molecule has 0 saturated carbocycles. The van der Waals surface area contributed by atoms with Crippen molar-refractivity contribution in [2.75, 3.05) is 6.61 Å². The number of aryl methyl sites for hydroxylation is 1. The SMILES string of the molecule is CCOC(=O)C[C@H](c1oc(CO)cc(=O)c1O)c1c(C)nn(Cc2ccccc2)c1C. The monoisotopic (exact) mass is 426 g/mol. The summed E-state index contributed by atoms with van der Waals surface area (Å²) in [5.74, 6) is -1.99. The van der Waals surface area contributed by atoms with Crippen LogP contribution in [-0.2, 0) is 22.7 Å². The number of ether oxygens (including phenoxy) is 1. The second kappa shape index (κ2) is 9.61. The molecule has 0 amide bonds. The fraction of sp³-hybridized carbons (Fsp3) is 0.348. The van der Waals surface area contributed by atoms with Crippen molar-refractivity contribution in [1.29, 1.82) is 0 Å². The summed E-state index contributed by atoms with van der Waals surface area (Å²) in [6, 6.07) is 10.8. The summed E-state index contributed by atoms with van der Waals surface area (Å²) in [7, 11) is 0. The van der Waals surface area contributed by atoms with Gasteiger partial charge in [0, 0.05) is 17.3 Å². The third-order valence-corrected chi connectivity index (χ3v) is 5.11. The Morgan fingerprint density at radius 3 is 2.61 bits per heavy atom. The first kappa shape index (κ1) is 22.3. The maximum Gasteiger partial charge on any atom is 0.306 e. The summed E-state index contributed by atoms with van der Waals surface area (Å²) in [4.78, 5) is 24.6. The Kier molecular flexibility index (Phi) is 6.91. The number of nitrogens with zero attached hydrogens (tertiary/aromatic N) is 2. The fourth-order valence-corrected chi connectivity index (χ4v) is 3.71. The van der Waals surface area contributed by atoms with Crippen molar-refractivity contribution in [1.82, 2.24) is 9.78 Å². The van der Waals surface area contributed by atoms with Crippen molar-refractivity contribution < 1.29 is 24.2 Å². The largest absolute Gasteiger partial charge is 0.502 e. The number of aliphatic hydroxyl groups is 1. The van der Waals surface area contributed by atoms with Crippen LogP contribution in [0.3, 0.4) is 0 Å². The van der Waals surface area contributed by atoms with Crippen molar-refractivity contribution in [2.24, 2.45) is 0 Å². The van der Waals surface area contributed by atoms with E-state index in [-0.39, 0.29) is 24.5 Å². The second-order valence-electron chi connectivity index (χ2n) is 7.24. The average Bonchev–Trinajstić information content (AvgIpc) is 3.02. The Labute approximate surface area is 179 Å². The van der Waals surface area contributed by atoms with E-state index >= 15 is 0 Å². The van der Waals surface area contributed by atoms with Crippen LogP contribution in [0.15, 0.2) is 45.6 Å². The van der Waals surface area contributed by atoms with Crippen molar-refractivity contribution in [3.05, 3.63) is 80.7 Å². The Bertz CT molecular complexity index is 1120. The summed E-state index contributed by atoms with van der Waals surface area (Å²) < 4.78 is 12.5. The number of carbonyl (C=O) groups excluding carboxylic acids is 1. The molecule has 2 aromatic heterocycles. The first-order valence-electron chi connectivity index (χ1n) is 10.1. The molecule has 2 heterocycles. The van der Waals surface area contributed by atoms with Crippen molar-refractivity contribution in [2.45, 2.75) is 46.3 Å². The third kappa shape index (κ3) is 4.86. The Balaban J connectivity index is 2.12. The van der Waals surface area contributed by atoms with Crippen LogP contribution in [0.5, 0.6) is 5.75 Å². The van der Waals surface area contributed by atoms with Crippen molar-refractivity contribution in [3.63, 3.8) is 0 Å². The molecule has 3 aromatic rings. The van der Waals surface area contributed by atoms with Crippen LogP contribution in [0.1, 0.15) is 53.3 Å². The number of hydrogen-bond acceptors (Lipinski definition) is 7. The highest BCUT2D eigenvalue weighted by Gasteiger charge is 2.31. The number of hydrogen-bond donors (Lipinski definition) is 2. The summed E-state index contributed by atoms with van der Waals surface area (Å²) in [5.41, 5.74) is 2.44. The molecular formula is C23H26N2O6. The number of aliphatic hydroxyl groups excluding tert-OH is 1. The first-order chi connectivity index (χ1) is 14.8. The molecule has 1 aromatic carbocycles. The van der Waals surface area contributed by atoms with Crippen LogP contribution < -0.4 is 5.43 Å². The Morgan fingerprint density at radius 1 is 1.26 bits per heavy atom. The molecule has 8 heteroatoms. The molecule has 0 unspecified atom stereocenters. The van der Waals surface area contributed by atoms with Crippen LogP contribution >= 0.6 is 0 Å². The minimum absolute atomic E-state index is 0.00126. The lowest BCUT2D eigenvalue weighted by Gasteiger charge is -2.18. The molecule has 3 rings (SSSR count). The fourth-order valence-electron chi connectivity index (χ4n) is 3.71.